The van der Waals surface area contributed by atoms with Gasteiger partial charge in [-0.1, -0.05) is 37.3 Å². The van der Waals surface area contributed by atoms with Gasteiger partial charge < -0.3 is 15.0 Å². The van der Waals surface area contributed by atoms with Crippen LogP contribution in [0.3, 0.4) is 0 Å². The molecule has 0 unspecified atom stereocenters. The van der Waals surface area contributed by atoms with Crippen molar-refractivity contribution in [3.05, 3.63) is 35.9 Å². The van der Waals surface area contributed by atoms with E-state index in [-0.39, 0.29) is 24.5 Å². The average molecular weight is 276 g/mol. The molecule has 0 radical (unpaired) electrons. The molecule has 0 aliphatic carbocycles. The molecule has 1 aromatic carbocycles. The maximum atomic E-state index is 12.2. The molecule has 2 atom stereocenters. The minimum Gasteiger partial charge on any atom is -0.356 e. The van der Waals surface area contributed by atoms with Gasteiger partial charge in [0.2, 0.25) is 5.91 Å². The molecule has 1 aliphatic rings. The number of amides is 2. The lowest BCUT2D eigenvalue weighted by Gasteiger charge is -2.38. The zero-order chi connectivity index (χ0) is 14.5. The molecule has 1 aliphatic heterocycles. The Morgan fingerprint density at radius 3 is 2.75 bits per heavy atom. The molecule has 1 heterocycles. The van der Waals surface area contributed by atoms with Gasteiger partial charge in [0.05, 0.1) is 6.04 Å². The quantitative estimate of drug-likeness (QED) is 0.896. The van der Waals surface area contributed by atoms with Gasteiger partial charge in [-0.05, 0) is 12.0 Å². The van der Waals surface area contributed by atoms with E-state index in [1.54, 1.807) is 11.9 Å². The van der Waals surface area contributed by atoms with Gasteiger partial charge in [0.25, 0.3) is 5.91 Å². The number of nitrogens with one attached hydrogen (secondary N) is 1. The Labute approximate surface area is 118 Å². The van der Waals surface area contributed by atoms with E-state index in [2.05, 4.69) is 5.32 Å². The van der Waals surface area contributed by atoms with E-state index >= 15 is 0 Å². The molecule has 108 valence electrons. The topological polar surface area (TPSA) is 58.6 Å². The summed E-state index contributed by atoms with van der Waals surface area (Å²) in [6.07, 6.45) is 0.204. The smallest absolute Gasteiger partial charge is 0.251 e. The maximum Gasteiger partial charge on any atom is 0.251 e. The van der Waals surface area contributed by atoms with Crippen molar-refractivity contribution in [2.24, 2.45) is 0 Å². The van der Waals surface area contributed by atoms with E-state index in [0.29, 0.717) is 6.54 Å². The summed E-state index contributed by atoms with van der Waals surface area (Å²) in [5.74, 6) is -0.279. The van der Waals surface area contributed by atoms with Crippen molar-refractivity contribution in [1.82, 2.24) is 10.2 Å². The third kappa shape index (κ3) is 2.99. The molecule has 0 saturated carbocycles. The van der Waals surface area contributed by atoms with E-state index < -0.39 is 6.10 Å². The Kier molecular flexibility index (Phi) is 4.74. The fraction of sp³-hybridized carbons (Fsp3) is 0.467. The van der Waals surface area contributed by atoms with Gasteiger partial charge in [0.15, 0.2) is 6.10 Å². The van der Waals surface area contributed by atoms with Crippen molar-refractivity contribution in [2.75, 3.05) is 20.2 Å². The zero-order valence-corrected chi connectivity index (χ0v) is 11.8. The highest BCUT2D eigenvalue weighted by Gasteiger charge is 2.39. The number of rotatable bonds is 4. The van der Waals surface area contributed by atoms with Gasteiger partial charge in [-0.2, -0.15) is 0 Å². The SMILES string of the molecule is CCCNC(=O)[C@H]1OCC(=O)N(C)[C@@H]1c1ccccc1. The Balaban J connectivity index is 2.24. The van der Waals surface area contributed by atoms with Crippen LogP contribution < -0.4 is 5.32 Å². The lowest BCUT2D eigenvalue weighted by atomic mass is 9.97. The summed E-state index contributed by atoms with van der Waals surface area (Å²) in [7, 11) is 1.71. The Morgan fingerprint density at radius 1 is 1.40 bits per heavy atom. The van der Waals surface area contributed by atoms with Crippen LogP contribution >= 0.6 is 0 Å². The minimum atomic E-state index is -0.661. The number of carbonyl (C=O) groups is 2. The number of hydrogen-bond donors (Lipinski definition) is 1. The predicted molar refractivity (Wildman–Crippen MR) is 75.0 cm³/mol. The summed E-state index contributed by atoms with van der Waals surface area (Å²) in [5.41, 5.74) is 0.902. The number of ether oxygens (including phenoxy) is 1. The molecular weight excluding hydrogens is 256 g/mol. The summed E-state index contributed by atoms with van der Waals surface area (Å²) in [6, 6.07) is 9.12. The molecule has 5 nitrogen and oxygen atoms in total. The van der Waals surface area contributed by atoms with Gasteiger partial charge in [-0.15, -0.1) is 0 Å². The highest BCUT2D eigenvalue weighted by Crippen LogP contribution is 2.28. The second kappa shape index (κ2) is 6.52. The fourth-order valence-corrected chi connectivity index (χ4v) is 2.33. The third-order valence-corrected chi connectivity index (χ3v) is 3.43. The first-order chi connectivity index (χ1) is 9.65. The molecular formula is C15H20N2O3. The molecule has 20 heavy (non-hydrogen) atoms. The van der Waals surface area contributed by atoms with Crippen molar-refractivity contribution in [3.8, 4) is 0 Å². The van der Waals surface area contributed by atoms with Crippen LogP contribution in [0.5, 0.6) is 0 Å². The van der Waals surface area contributed by atoms with Gasteiger partial charge in [0.1, 0.15) is 6.61 Å². The molecule has 1 N–H and O–H groups in total. The Morgan fingerprint density at radius 2 is 2.10 bits per heavy atom. The van der Waals surface area contributed by atoms with Gasteiger partial charge in [-0.3, -0.25) is 9.59 Å². The number of nitrogens with zero attached hydrogens (tertiary/aromatic N) is 1. The molecule has 1 fully saturated rings. The monoisotopic (exact) mass is 276 g/mol. The summed E-state index contributed by atoms with van der Waals surface area (Å²) < 4.78 is 5.48. The lowest BCUT2D eigenvalue weighted by molar-refractivity contribution is -0.162. The van der Waals surface area contributed by atoms with Crippen molar-refractivity contribution in [1.29, 1.82) is 0 Å². The van der Waals surface area contributed by atoms with Crippen molar-refractivity contribution >= 4 is 11.8 Å². The number of hydrogen-bond acceptors (Lipinski definition) is 3. The molecule has 0 bridgehead atoms. The second-order valence-corrected chi connectivity index (χ2v) is 4.88. The minimum absolute atomic E-state index is 0.0515. The Hall–Kier alpha value is -1.88. The highest BCUT2D eigenvalue weighted by atomic mass is 16.5. The summed E-state index contributed by atoms with van der Waals surface area (Å²) in [5, 5.41) is 2.84. The molecule has 0 aromatic heterocycles. The summed E-state index contributed by atoms with van der Waals surface area (Å²) >= 11 is 0. The van der Waals surface area contributed by atoms with E-state index in [0.717, 1.165) is 12.0 Å². The first-order valence-corrected chi connectivity index (χ1v) is 6.85. The molecule has 1 aromatic rings. The number of carbonyl (C=O) groups excluding carboxylic acids is 2. The largest absolute Gasteiger partial charge is 0.356 e. The first kappa shape index (κ1) is 14.5. The van der Waals surface area contributed by atoms with E-state index in [4.69, 9.17) is 4.74 Å². The molecule has 2 rings (SSSR count). The molecule has 1 saturated heterocycles. The van der Waals surface area contributed by atoms with Crippen LogP contribution in [-0.4, -0.2) is 43.0 Å². The van der Waals surface area contributed by atoms with Crippen molar-refractivity contribution in [3.63, 3.8) is 0 Å². The zero-order valence-electron chi connectivity index (χ0n) is 11.8. The van der Waals surface area contributed by atoms with Crippen LogP contribution in [0.4, 0.5) is 0 Å². The summed E-state index contributed by atoms with van der Waals surface area (Å²) in [4.78, 5) is 25.6. The van der Waals surface area contributed by atoms with E-state index in [1.165, 1.54) is 0 Å². The van der Waals surface area contributed by atoms with Crippen molar-refractivity contribution in [2.45, 2.75) is 25.5 Å². The van der Waals surface area contributed by atoms with Crippen LogP contribution in [0.2, 0.25) is 0 Å². The van der Waals surface area contributed by atoms with Crippen LogP contribution in [0.15, 0.2) is 30.3 Å². The first-order valence-electron chi connectivity index (χ1n) is 6.85. The highest BCUT2D eigenvalue weighted by molar-refractivity contribution is 5.86. The van der Waals surface area contributed by atoms with Crippen LogP contribution in [0.25, 0.3) is 0 Å². The summed E-state index contributed by atoms with van der Waals surface area (Å²) in [6.45, 7) is 2.55. The third-order valence-electron chi connectivity index (χ3n) is 3.43. The number of morpholine rings is 1. The van der Waals surface area contributed by atoms with Crippen LogP contribution in [-0.2, 0) is 14.3 Å². The van der Waals surface area contributed by atoms with Crippen molar-refractivity contribution < 1.29 is 14.3 Å². The van der Waals surface area contributed by atoms with Gasteiger partial charge >= 0.3 is 0 Å². The van der Waals surface area contributed by atoms with E-state index in [1.807, 2.05) is 37.3 Å². The van der Waals surface area contributed by atoms with Gasteiger partial charge in [0, 0.05) is 13.6 Å². The maximum absolute atomic E-state index is 12.2. The second-order valence-electron chi connectivity index (χ2n) is 4.88. The average Bonchev–Trinajstić information content (AvgIpc) is 2.48. The van der Waals surface area contributed by atoms with E-state index in [9.17, 15) is 9.59 Å². The standard InChI is InChI=1S/C15H20N2O3/c1-3-9-16-15(19)14-13(11-7-5-4-6-8-11)17(2)12(18)10-20-14/h4-8,13-14H,3,9-10H2,1-2H3,(H,16,19)/t13-,14+/m1/s1. The number of benzene rings is 1. The Bertz CT molecular complexity index is 475. The molecule has 5 heteroatoms. The van der Waals surface area contributed by atoms with Gasteiger partial charge in [-0.25, -0.2) is 0 Å². The predicted octanol–water partition coefficient (Wildman–Crippen LogP) is 1.11. The molecule has 2 amide bonds. The lowest BCUT2D eigenvalue weighted by Crippen LogP contribution is -2.53. The fourth-order valence-electron chi connectivity index (χ4n) is 2.33. The van der Waals surface area contributed by atoms with Crippen LogP contribution in [0, 0.1) is 0 Å². The normalized spacial score (nSPS) is 22.7. The van der Waals surface area contributed by atoms with Crippen LogP contribution in [0.1, 0.15) is 24.9 Å². The number of likely N-dealkylation sites (N-methyl/N-ethyl adjacent to an activating group) is 1. The molecule has 0 spiro atoms.